The van der Waals surface area contributed by atoms with Crippen LogP contribution in [0.2, 0.25) is 0 Å². The summed E-state index contributed by atoms with van der Waals surface area (Å²) in [4.78, 5) is 36.2. The molecule has 5 aliphatic rings. The second-order valence-corrected chi connectivity index (χ2v) is 13.5. The molecule has 1 aliphatic heterocycles. The van der Waals surface area contributed by atoms with Gasteiger partial charge in [0.1, 0.15) is 5.60 Å². The molecule has 5 rings (SSSR count). The summed E-state index contributed by atoms with van der Waals surface area (Å²) < 4.78 is 10.5. The van der Waals surface area contributed by atoms with E-state index in [1.54, 1.807) is 0 Å². The van der Waals surface area contributed by atoms with E-state index in [2.05, 4.69) is 45.9 Å². The third-order valence-electron chi connectivity index (χ3n) is 9.80. The quantitative estimate of drug-likeness (QED) is 0.257. The summed E-state index contributed by atoms with van der Waals surface area (Å²) in [6.07, 6.45) is 13.0. The maximum Gasteiger partial charge on any atom is 0.317 e. The van der Waals surface area contributed by atoms with Gasteiger partial charge in [-0.05, 0) is 115 Å². The number of hydrogen-bond acceptors (Lipinski definition) is 5. The Morgan fingerprint density at radius 2 is 1.53 bits per heavy atom. The Balaban J connectivity index is 0.000000171. The van der Waals surface area contributed by atoms with E-state index in [-0.39, 0.29) is 35.2 Å². The lowest BCUT2D eigenvalue weighted by Crippen LogP contribution is -2.37. The van der Waals surface area contributed by atoms with E-state index >= 15 is 0 Å². The molecule has 200 valence electrons. The summed E-state index contributed by atoms with van der Waals surface area (Å²) in [5, 5.41) is 0. The SMILES string of the molecule is C/C=C/C1CC(C)C2C3CC(C4C(=O)OC(=O)C34)C12.C/C=C/C1CC(C)CC1(C)C(=O)OC(C)(C)C. The highest BCUT2D eigenvalue weighted by Crippen LogP contribution is 2.68. The molecule has 0 aromatic rings. The molecule has 5 heteroatoms. The first-order valence-corrected chi connectivity index (χ1v) is 14.1. The van der Waals surface area contributed by atoms with Crippen molar-refractivity contribution in [3.8, 4) is 0 Å². The number of esters is 3. The van der Waals surface area contributed by atoms with Gasteiger partial charge in [0, 0.05) is 0 Å². The normalized spacial score (nSPS) is 45.1. The topological polar surface area (TPSA) is 69.7 Å². The molecule has 5 nitrogen and oxygen atoms in total. The van der Waals surface area contributed by atoms with Gasteiger partial charge in [-0.3, -0.25) is 14.4 Å². The fourth-order valence-electron chi connectivity index (χ4n) is 8.79. The van der Waals surface area contributed by atoms with Crippen LogP contribution in [0, 0.1) is 64.6 Å². The lowest BCUT2D eigenvalue weighted by molar-refractivity contribution is -0.168. The Morgan fingerprint density at radius 1 is 0.944 bits per heavy atom. The molecule has 4 aliphatic carbocycles. The molecule has 11 unspecified atom stereocenters. The molecule has 11 atom stereocenters. The van der Waals surface area contributed by atoms with Gasteiger partial charge in [-0.1, -0.05) is 38.2 Å². The number of cyclic esters (lactones) is 2. The molecule has 0 spiro atoms. The van der Waals surface area contributed by atoms with Crippen molar-refractivity contribution in [2.24, 2.45) is 64.6 Å². The average Bonchev–Trinajstić information content (AvgIpc) is 3.53. The lowest BCUT2D eigenvalue weighted by Gasteiger charge is -2.34. The zero-order valence-corrected chi connectivity index (χ0v) is 23.5. The zero-order valence-electron chi connectivity index (χ0n) is 23.5. The Hall–Kier alpha value is -1.91. The van der Waals surface area contributed by atoms with Crippen molar-refractivity contribution in [3.63, 3.8) is 0 Å². The van der Waals surface area contributed by atoms with Gasteiger partial charge in [-0.15, -0.1) is 0 Å². The third-order valence-corrected chi connectivity index (χ3v) is 9.80. The van der Waals surface area contributed by atoms with Gasteiger partial charge >= 0.3 is 17.9 Å². The number of carbonyl (C=O) groups is 3. The van der Waals surface area contributed by atoms with Crippen molar-refractivity contribution < 1.29 is 23.9 Å². The van der Waals surface area contributed by atoms with E-state index in [1.807, 2.05) is 33.8 Å². The van der Waals surface area contributed by atoms with E-state index in [4.69, 9.17) is 9.47 Å². The first kappa shape index (κ1) is 27.1. The van der Waals surface area contributed by atoms with Crippen LogP contribution in [0.15, 0.2) is 24.3 Å². The smallest absolute Gasteiger partial charge is 0.317 e. The second-order valence-electron chi connectivity index (χ2n) is 13.5. The van der Waals surface area contributed by atoms with E-state index < -0.39 is 5.60 Å². The molecule has 4 saturated carbocycles. The number of fused-ring (bicyclic) bond motifs is 8. The van der Waals surface area contributed by atoms with Crippen LogP contribution in [0.3, 0.4) is 0 Å². The van der Waals surface area contributed by atoms with Crippen LogP contribution in [0.25, 0.3) is 0 Å². The molecular weight excluding hydrogens is 452 g/mol. The Bertz CT molecular complexity index is 941. The summed E-state index contributed by atoms with van der Waals surface area (Å²) in [5.41, 5.74) is -0.744. The highest BCUT2D eigenvalue weighted by molar-refractivity contribution is 5.97. The van der Waals surface area contributed by atoms with Crippen molar-refractivity contribution in [3.05, 3.63) is 24.3 Å². The van der Waals surface area contributed by atoms with Gasteiger partial charge < -0.3 is 9.47 Å². The summed E-state index contributed by atoms with van der Waals surface area (Å²) in [5.74, 6) is 3.49. The zero-order chi connectivity index (χ0) is 26.6. The maximum atomic E-state index is 12.4. The van der Waals surface area contributed by atoms with Crippen molar-refractivity contribution in [2.75, 3.05) is 0 Å². The summed E-state index contributed by atoms with van der Waals surface area (Å²) >= 11 is 0. The van der Waals surface area contributed by atoms with Crippen molar-refractivity contribution in [2.45, 2.75) is 86.7 Å². The standard InChI is InChI=1S/C16H20O3.C15H26O2/c1-3-4-8-5-7(2)11-9-6-10(12(8)11)14-13(9)15(17)19-16(14)18;1-7-8-12-9-11(2)10-15(12,6)13(16)17-14(3,4)5/h3-4,7-14H,5-6H2,1-2H3;7-8,11-12H,9-10H2,1-6H3/b4-3+;8-7+. The molecule has 0 radical (unpaired) electrons. The van der Waals surface area contributed by atoms with Crippen LogP contribution in [-0.2, 0) is 23.9 Å². The summed E-state index contributed by atoms with van der Waals surface area (Å²) in [6, 6.07) is 0. The van der Waals surface area contributed by atoms with Crippen molar-refractivity contribution >= 4 is 17.9 Å². The van der Waals surface area contributed by atoms with Crippen LogP contribution in [0.1, 0.15) is 81.1 Å². The maximum absolute atomic E-state index is 12.4. The number of allylic oxidation sites excluding steroid dienone is 4. The van der Waals surface area contributed by atoms with Gasteiger partial charge in [0.05, 0.1) is 17.3 Å². The average molecular weight is 499 g/mol. The minimum atomic E-state index is -0.396. The highest BCUT2D eigenvalue weighted by Gasteiger charge is 2.69. The number of rotatable bonds is 3. The fourth-order valence-corrected chi connectivity index (χ4v) is 8.79. The van der Waals surface area contributed by atoms with Crippen LogP contribution >= 0.6 is 0 Å². The molecule has 0 aromatic carbocycles. The van der Waals surface area contributed by atoms with Crippen LogP contribution in [-0.4, -0.2) is 23.5 Å². The lowest BCUT2D eigenvalue weighted by atomic mass is 9.67. The predicted octanol–water partition coefficient (Wildman–Crippen LogP) is 6.37. The first-order chi connectivity index (χ1) is 16.8. The minimum Gasteiger partial charge on any atom is -0.460 e. The third kappa shape index (κ3) is 4.60. The molecular formula is C31H46O5. The van der Waals surface area contributed by atoms with E-state index in [0.717, 1.165) is 19.3 Å². The van der Waals surface area contributed by atoms with Gasteiger partial charge in [-0.25, -0.2) is 0 Å². The van der Waals surface area contributed by atoms with Crippen LogP contribution < -0.4 is 0 Å². The Labute approximate surface area is 217 Å². The number of carbonyl (C=O) groups excluding carboxylic acids is 3. The van der Waals surface area contributed by atoms with Gasteiger partial charge in [0.2, 0.25) is 0 Å². The molecule has 0 aromatic heterocycles. The molecule has 1 heterocycles. The van der Waals surface area contributed by atoms with Gasteiger partial charge in [0.25, 0.3) is 0 Å². The van der Waals surface area contributed by atoms with E-state index in [9.17, 15) is 14.4 Å². The minimum absolute atomic E-state index is 0.0440. The number of ether oxygens (including phenoxy) is 2. The van der Waals surface area contributed by atoms with E-state index in [1.165, 1.54) is 6.42 Å². The largest absolute Gasteiger partial charge is 0.460 e. The van der Waals surface area contributed by atoms with Gasteiger partial charge in [-0.2, -0.15) is 0 Å². The predicted molar refractivity (Wildman–Crippen MR) is 139 cm³/mol. The highest BCUT2D eigenvalue weighted by atomic mass is 16.6. The molecule has 0 N–H and O–H groups in total. The van der Waals surface area contributed by atoms with E-state index in [0.29, 0.717) is 47.3 Å². The molecule has 2 bridgehead atoms. The molecule has 36 heavy (non-hydrogen) atoms. The van der Waals surface area contributed by atoms with Crippen molar-refractivity contribution in [1.29, 1.82) is 0 Å². The summed E-state index contributed by atoms with van der Waals surface area (Å²) in [7, 11) is 0. The summed E-state index contributed by atoms with van der Waals surface area (Å²) in [6.45, 7) is 16.5. The Kier molecular flexibility index (Phi) is 7.36. The second kappa shape index (κ2) is 9.76. The molecule has 5 fully saturated rings. The molecule has 0 amide bonds. The fraction of sp³-hybridized carbons (Fsp3) is 0.774. The van der Waals surface area contributed by atoms with Crippen LogP contribution in [0.4, 0.5) is 0 Å². The molecule has 1 saturated heterocycles. The monoisotopic (exact) mass is 498 g/mol. The van der Waals surface area contributed by atoms with Crippen molar-refractivity contribution in [1.82, 2.24) is 0 Å². The van der Waals surface area contributed by atoms with Gasteiger partial charge in [0.15, 0.2) is 0 Å². The first-order valence-electron chi connectivity index (χ1n) is 14.1. The Morgan fingerprint density at radius 3 is 2.08 bits per heavy atom. The van der Waals surface area contributed by atoms with Crippen LogP contribution in [0.5, 0.6) is 0 Å². The number of hydrogen-bond donors (Lipinski definition) is 0.